The van der Waals surface area contributed by atoms with Gasteiger partial charge < -0.3 is 9.05 Å². The molecule has 0 N–H and O–H groups in total. The summed E-state index contributed by atoms with van der Waals surface area (Å²) in [5.74, 6) is 0. The van der Waals surface area contributed by atoms with Crippen molar-refractivity contribution >= 4 is 40.6 Å². The van der Waals surface area contributed by atoms with Gasteiger partial charge in [-0.05, 0) is 25.7 Å². The second kappa shape index (κ2) is 7.57. The van der Waals surface area contributed by atoms with E-state index in [1.165, 1.54) is 0 Å². The van der Waals surface area contributed by atoms with Crippen molar-refractivity contribution in [2.24, 2.45) is 0 Å². The highest BCUT2D eigenvalue weighted by atomic mass is 32.9. The first-order valence-corrected chi connectivity index (χ1v) is 10.2. The van der Waals surface area contributed by atoms with Crippen LogP contribution in [0.3, 0.4) is 0 Å². The molecule has 0 bridgehead atoms. The summed E-state index contributed by atoms with van der Waals surface area (Å²) in [5, 5.41) is 0.931. The first kappa shape index (κ1) is 16.3. The Balaban J connectivity index is 4.02. The summed E-state index contributed by atoms with van der Waals surface area (Å²) < 4.78 is 11.3. The smallest absolute Gasteiger partial charge is 0.248 e. The highest BCUT2D eigenvalue weighted by Crippen LogP contribution is 2.62. The fraction of sp³-hybridized carbons (Fsp3) is 1.00. The third-order valence-corrected chi connectivity index (χ3v) is 8.61. The molecule has 0 saturated heterocycles. The minimum absolute atomic E-state index is 0.269. The molecule has 0 amide bonds. The van der Waals surface area contributed by atoms with Crippen LogP contribution in [0.4, 0.5) is 0 Å². The molecule has 0 heterocycles. The lowest BCUT2D eigenvalue weighted by Gasteiger charge is -2.22. The Morgan fingerprint density at radius 2 is 1.60 bits per heavy atom. The van der Waals surface area contributed by atoms with Gasteiger partial charge in [-0.3, -0.25) is 0 Å². The minimum Gasteiger partial charge on any atom is -0.322 e. The number of thioether (sulfide) groups is 1. The lowest BCUT2D eigenvalue weighted by Crippen LogP contribution is -2.07. The van der Waals surface area contributed by atoms with Crippen molar-refractivity contribution in [3.05, 3.63) is 0 Å². The van der Waals surface area contributed by atoms with Crippen molar-refractivity contribution in [2.75, 3.05) is 18.3 Å². The van der Waals surface area contributed by atoms with Crippen molar-refractivity contribution in [1.29, 1.82) is 0 Å². The van der Waals surface area contributed by atoms with E-state index >= 15 is 0 Å². The van der Waals surface area contributed by atoms with Crippen LogP contribution in [0.2, 0.25) is 0 Å². The molecular formula is C9H21O2PS3. The summed E-state index contributed by atoms with van der Waals surface area (Å²) in [6.07, 6.45) is 0. The number of hydrogen-bond donors (Lipinski definition) is 0. The SMILES string of the molecule is CC(C)(C)SCSP(=S)(O[13CH2][13CH3])O[13CH2][13CH3]. The molecule has 0 rings (SSSR count). The molecule has 15 heavy (non-hydrogen) atoms. The van der Waals surface area contributed by atoms with Crippen LogP contribution < -0.4 is 0 Å². The van der Waals surface area contributed by atoms with Gasteiger partial charge in [0.05, 0.1) is 13.2 Å². The minimum atomic E-state index is -2.08. The Kier molecular flexibility index (Phi) is 8.21. The molecule has 0 saturated carbocycles. The molecule has 0 aliphatic carbocycles. The van der Waals surface area contributed by atoms with Crippen LogP contribution in [0.5, 0.6) is 0 Å². The number of hydrogen-bond acceptors (Lipinski definition) is 5. The maximum atomic E-state index is 5.54. The molecule has 0 spiro atoms. The van der Waals surface area contributed by atoms with E-state index in [4.69, 9.17) is 20.9 Å². The van der Waals surface area contributed by atoms with Crippen molar-refractivity contribution in [3.8, 4) is 0 Å². The molecule has 0 atom stereocenters. The molecule has 2 nitrogen and oxygen atoms in total. The van der Waals surface area contributed by atoms with Crippen LogP contribution in [-0.2, 0) is 20.9 Å². The summed E-state index contributed by atoms with van der Waals surface area (Å²) in [5.41, 5.74) is -2.08. The Morgan fingerprint density at radius 3 is 1.93 bits per heavy atom. The van der Waals surface area contributed by atoms with Crippen molar-refractivity contribution in [2.45, 2.75) is 39.4 Å². The zero-order chi connectivity index (χ0) is 11.9. The molecule has 0 aliphatic rings. The van der Waals surface area contributed by atoms with E-state index in [0.29, 0.717) is 13.2 Å². The lowest BCUT2D eigenvalue weighted by molar-refractivity contribution is 0.280. The van der Waals surface area contributed by atoms with Gasteiger partial charge in [0.1, 0.15) is 0 Å². The predicted molar refractivity (Wildman–Crippen MR) is 77.3 cm³/mol. The summed E-state index contributed by atoms with van der Waals surface area (Å²) >= 11 is 8.93. The van der Waals surface area contributed by atoms with Gasteiger partial charge in [-0.2, -0.15) is 0 Å². The van der Waals surface area contributed by atoms with Gasteiger partial charge >= 0.3 is 0 Å². The summed E-state index contributed by atoms with van der Waals surface area (Å²) in [4.78, 5) is 0. The third kappa shape index (κ3) is 9.02. The van der Waals surface area contributed by atoms with Crippen LogP contribution >= 0.6 is 28.8 Å². The molecule has 0 aromatic heterocycles. The Bertz CT molecular complexity index is 206. The predicted octanol–water partition coefficient (Wildman–Crippen LogP) is 4.51. The second-order valence-corrected chi connectivity index (χ2v) is 12.3. The zero-order valence-corrected chi connectivity index (χ0v) is 13.5. The van der Waals surface area contributed by atoms with Crippen molar-refractivity contribution in [1.82, 2.24) is 0 Å². The van der Waals surface area contributed by atoms with Crippen LogP contribution in [0.1, 0.15) is 34.6 Å². The first-order valence-electron chi connectivity index (χ1n) is 5.00. The molecule has 0 fully saturated rings. The second-order valence-electron chi connectivity index (χ2n) is 3.79. The monoisotopic (exact) mass is 292 g/mol. The van der Waals surface area contributed by atoms with Gasteiger partial charge in [0.15, 0.2) is 0 Å². The normalized spacial score (nSPS) is 13.1. The van der Waals surface area contributed by atoms with Crippen molar-refractivity contribution in [3.63, 3.8) is 0 Å². The summed E-state index contributed by atoms with van der Waals surface area (Å²) in [7, 11) is 0. The van der Waals surface area contributed by atoms with Gasteiger partial charge in [-0.15, -0.1) is 11.8 Å². The van der Waals surface area contributed by atoms with Gasteiger partial charge in [0, 0.05) is 9.83 Å². The van der Waals surface area contributed by atoms with Crippen LogP contribution in [-0.4, -0.2) is 23.0 Å². The molecule has 0 aromatic carbocycles. The fourth-order valence-corrected chi connectivity index (χ4v) is 8.20. The molecule has 0 unspecified atom stereocenters. The summed E-state index contributed by atoms with van der Waals surface area (Å²) in [6, 6.07) is 0. The zero-order valence-electron chi connectivity index (χ0n) is 10.1. The number of rotatable bonds is 7. The Hall–Kier alpha value is 1.27. The molecule has 0 aliphatic heterocycles. The highest BCUT2D eigenvalue weighted by Gasteiger charge is 2.20. The van der Waals surface area contributed by atoms with E-state index in [9.17, 15) is 0 Å². The Labute approximate surface area is 107 Å². The standard InChI is InChI=1S/C9H21O2PS3/c1-6-10-12(13,11-7-2)15-8-14-9(3,4)5/h6-8H2,1-5H3/i1+1,2+1,6+1,7+1. The van der Waals surface area contributed by atoms with Crippen LogP contribution in [0.25, 0.3) is 0 Å². The average molecular weight is 292 g/mol. The van der Waals surface area contributed by atoms with Crippen molar-refractivity contribution < 1.29 is 9.05 Å². The molecule has 0 aromatic rings. The van der Waals surface area contributed by atoms with E-state index in [-0.39, 0.29) is 4.75 Å². The molecule has 6 heteroatoms. The van der Waals surface area contributed by atoms with E-state index < -0.39 is 5.69 Å². The van der Waals surface area contributed by atoms with E-state index in [1.807, 2.05) is 25.6 Å². The van der Waals surface area contributed by atoms with Crippen LogP contribution in [0.15, 0.2) is 0 Å². The Morgan fingerprint density at radius 1 is 1.13 bits per heavy atom. The van der Waals surface area contributed by atoms with E-state index in [0.717, 1.165) is 5.08 Å². The van der Waals surface area contributed by atoms with Crippen LogP contribution in [0, 0.1) is 0 Å². The van der Waals surface area contributed by atoms with Gasteiger partial charge in [0.25, 0.3) is 0 Å². The highest BCUT2D eigenvalue weighted by molar-refractivity contribution is 8.69. The summed E-state index contributed by atoms with van der Waals surface area (Å²) in [6.45, 7) is 11.8. The largest absolute Gasteiger partial charge is 0.322 e. The van der Waals surface area contributed by atoms with E-state index in [1.54, 1.807) is 11.4 Å². The van der Waals surface area contributed by atoms with E-state index in [2.05, 4.69) is 20.8 Å². The van der Waals surface area contributed by atoms with Gasteiger partial charge in [-0.25, -0.2) is 0 Å². The van der Waals surface area contributed by atoms with Gasteiger partial charge in [0.2, 0.25) is 5.69 Å². The lowest BCUT2D eigenvalue weighted by atomic mass is 10.3. The molecular weight excluding hydrogens is 271 g/mol. The maximum Gasteiger partial charge on any atom is 0.248 e. The van der Waals surface area contributed by atoms with Gasteiger partial charge in [-0.1, -0.05) is 32.2 Å². The molecule has 92 valence electrons. The first-order chi connectivity index (χ1) is 6.83. The third-order valence-electron chi connectivity index (χ3n) is 1.28. The fourth-order valence-electron chi connectivity index (χ4n) is 0.696. The maximum absolute atomic E-state index is 5.54. The topological polar surface area (TPSA) is 18.5 Å². The quantitative estimate of drug-likeness (QED) is 0.389. The molecule has 0 radical (unpaired) electrons. The average Bonchev–Trinajstić information content (AvgIpc) is 2.01.